The van der Waals surface area contributed by atoms with Gasteiger partial charge < -0.3 is 11.1 Å². The smallest absolute Gasteiger partial charge is 0.147 e. The Morgan fingerprint density at radius 1 is 1.31 bits per heavy atom. The van der Waals surface area contributed by atoms with Gasteiger partial charge in [-0.1, -0.05) is 12.1 Å². The number of nitrogens with zero attached hydrogens (tertiary/aromatic N) is 2. The van der Waals surface area contributed by atoms with E-state index < -0.39 is 0 Å². The summed E-state index contributed by atoms with van der Waals surface area (Å²) in [6.07, 6.45) is 1.78. The number of rotatable bonds is 2. The first-order chi connectivity index (χ1) is 7.66. The molecule has 16 heavy (non-hydrogen) atoms. The number of hydrogen-bond donors (Lipinski definition) is 2. The maximum Gasteiger partial charge on any atom is 0.147 e. The zero-order chi connectivity index (χ0) is 11.5. The SMILES string of the molecule is Cc1ncc(I)c(Nc2ccccc2N)n1. The lowest BCUT2D eigenvalue weighted by Gasteiger charge is -2.09. The second-order valence-electron chi connectivity index (χ2n) is 3.33. The Hall–Kier alpha value is -1.37. The number of hydrogen-bond acceptors (Lipinski definition) is 4. The van der Waals surface area contributed by atoms with Crippen molar-refractivity contribution in [2.75, 3.05) is 11.1 Å². The molecule has 1 aromatic heterocycles. The molecular formula is C11H11IN4. The second kappa shape index (κ2) is 4.65. The second-order valence-corrected chi connectivity index (χ2v) is 4.49. The fraction of sp³-hybridized carbons (Fsp3) is 0.0909. The van der Waals surface area contributed by atoms with Crippen LogP contribution in [0.3, 0.4) is 0 Å². The van der Waals surface area contributed by atoms with E-state index in [1.165, 1.54) is 0 Å². The first-order valence-electron chi connectivity index (χ1n) is 4.77. The average Bonchev–Trinajstić information content (AvgIpc) is 2.27. The molecular weight excluding hydrogens is 315 g/mol. The highest BCUT2D eigenvalue weighted by atomic mass is 127. The molecule has 0 saturated heterocycles. The lowest BCUT2D eigenvalue weighted by Crippen LogP contribution is -2.01. The monoisotopic (exact) mass is 326 g/mol. The summed E-state index contributed by atoms with van der Waals surface area (Å²) in [5, 5.41) is 3.20. The van der Waals surface area contributed by atoms with Crippen molar-refractivity contribution in [3.63, 3.8) is 0 Å². The number of anilines is 3. The Kier molecular flexibility index (Phi) is 3.23. The van der Waals surface area contributed by atoms with Crippen LogP contribution in [-0.2, 0) is 0 Å². The summed E-state index contributed by atoms with van der Waals surface area (Å²) in [6, 6.07) is 7.60. The molecule has 0 aliphatic rings. The molecule has 0 fully saturated rings. The number of nitrogen functional groups attached to an aromatic ring is 1. The molecule has 0 aliphatic carbocycles. The molecule has 0 spiro atoms. The molecule has 82 valence electrons. The van der Waals surface area contributed by atoms with Gasteiger partial charge in [-0.15, -0.1) is 0 Å². The quantitative estimate of drug-likeness (QED) is 0.658. The lowest BCUT2D eigenvalue weighted by molar-refractivity contribution is 1.05. The number of aryl methyl sites for hydroxylation is 1. The van der Waals surface area contributed by atoms with Gasteiger partial charge in [-0.2, -0.15) is 0 Å². The summed E-state index contributed by atoms with van der Waals surface area (Å²) >= 11 is 2.19. The van der Waals surface area contributed by atoms with Crippen molar-refractivity contribution in [3.8, 4) is 0 Å². The van der Waals surface area contributed by atoms with Crippen molar-refractivity contribution < 1.29 is 0 Å². The molecule has 0 atom stereocenters. The minimum atomic E-state index is 0.703. The maximum absolute atomic E-state index is 5.85. The van der Waals surface area contributed by atoms with Crippen molar-refractivity contribution in [2.45, 2.75) is 6.92 Å². The number of para-hydroxylation sites is 2. The molecule has 0 bridgehead atoms. The van der Waals surface area contributed by atoms with Crippen LogP contribution in [0.5, 0.6) is 0 Å². The van der Waals surface area contributed by atoms with E-state index >= 15 is 0 Å². The molecule has 2 aromatic rings. The summed E-state index contributed by atoms with van der Waals surface area (Å²) < 4.78 is 0.964. The van der Waals surface area contributed by atoms with Gasteiger partial charge in [0.1, 0.15) is 11.6 Å². The van der Waals surface area contributed by atoms with E-state index in [4.69, 9.17) is 5.73 Å². The van der Waals surface area contributed by atoms with E-state index in [1.54, 1.807) is 6.20 Å². The van der Waals surface area contributed by atoms with E-state index in [0.29, 0.717) is 5.69 Å². The minimum Gasteiger partial charge on any atom is -0.397 e. The fourth-order valence-electron chi connectivity index (χ4n) is 1.28. The first kappa shape index (κ1) is 11.1. The highest BCUT2D eigenvalue weighted by molar-refractivity contribution is 14.1. The summed E-state index contributed by atoms with van der Waals surface area (Å²) in [6.45, 7) is 1.86. The van der Waals surface area contributed by atoms with Gasteiger partial charge in [-0.25, -0.2) is 9.97 Å². The first-order valence-corrected chi connectivity index (χ1v) is 5.85. The molecule has 3 N–H and O–H groups in total. The zero-order valence-electron chi connectivity index (χ0n) is 8.74. The van der Waals surface area contributed by atoms with E-state index in [2.05, 4.69) is 37.9 Å². The van der Waals surface area contributed by atoms with Crippen LogP contribution in [-0.4, -0.2) is 9.97 Å². The van der Waals surface area contributed by atoms with Crippen LogP contribution in [0.2, 0.25) is 0 Å². The van der Waals surface area contributed by atoms with Gasteiger partial charge in [0.25, 0.3) is 0 Å². The van der Waals surface area contributed by atoms with Gasteiger partial charge in [-0.3, -0.25) is 0 Å². The molecule has 1 aromatic carbocycles. The normalized spacial score (nSPS) is 10.1. The van der Waals surface area contributed by atoms with Crippen LogP contribution in [0, 0.1) is 10.5 Å². The molecule has 2 rings (SSSR count). The Morgan fingerprint density at radius 3 is 2.81 bits per heavy atom. The van der Waals surface area contributed by atoms with Gasteiger partial charge in [0.2, 0.25) is 0 Å². The van der Waals surface area contributed by atoms with Crippen molar-refractivity contribution in [1.82, 2.24) is 9.97 Å². The van der Waals surface area contributed by atoms with Gasteiger partial charge >= 0.3 is 0 Å². The number of nitrogens with one attached hydrogen (secondary N) is 1. The molecule has 4 nitrogen and oxygen atoms in total. The van der Waals surface area contributed by atoms with E-state index in [-0.39, 0.29) is 0 Å². The van der Waals surface area contributed by atoms with E-state index in [0.717, 1.165) is 20.9 Å². The topological polar surface area (TPSA) is 63.8 Å². The van der Waals surface area contributed by atoms with Crippen molar-refractivity contribution >= 4 is 39.8 Å². The Morgan fingerprint density at radius 2 is 2.06 bits per heavy atom. The van der Waals surface area contributed by atoms with Crippen LogP contribution >= 0.6 is 22.6 Å². The van der Waals surface area contributed by atoms with Crippen LogP contribution in [0.15, 0.2) is 30.5 Å². The summed E-state index contributed by atoms with van der Waals surface area (Å²) in [7, 11) is 0. The van der Waals surface area contributed by atoms with Crippen LogP contribution in [0.4, 0.5) is 17.2 Å². The Bertz CT molecular complexity index is 513. The molecule has 5 heteroatoms. The largest absolute Gasteiger partial charge is 0.397 e. The Balaban J connectivity index is 2.34. The van der Waals surface area contributed by atoms with Crippen LogP contribution < -0.4 is 11.1 Å². The third-order valence-electron chi connectivity index (χ3n) is 2.08. The molecule has 0 amide bonds. The van der Waals surface area contributed by atoms with Gasteiger partial charge in [0.15, 0.2) is 0 Å². The summed E-state index contributed by atoms with van der Waals surface area (Å²) in [4.78, 5) is 8.44. The fourth-order valence-corrected chi connectivity index (χ4v) is 1.68. The number of halogens is 1. The third kappa shape index (κ3) is 2.41. The molecule has 0 radical (unpaired) electrons. The number of nitrogens with two attached hydrogens (primary N) is 1. The lowest BCUT2D eigenvalue weighted by atomic mass is 10.3. The van der Waals surface area contributed by atoms with Gasteiger partial charge in [-0.05, 0) is 41.6 Å². The van der Waals surface area contributed by atoms with Crippen molar-refractivity contribution in [1.29, 1.82) is 0 Å². The molecule has 0 aliphatic heterocycles. The average molecular weight is 326 g/mol. The summed E-state index contributed by atoms with van der Waals surface area (Å²) in [5.74, 6) is 1.52. The predicted octanol–water partition coefficient (Wildman–Crippen LogP) is 2.72. The van der Waals surface area contributed by atoms with E-state index in [1.807, 2.05) is 31.2 Å². The van der Waals surface area contributed by atoms with Crippen LogP contribution in [0.1, 0.15) is 5.82 Å². The number of aromatic nitrogens is 2. The Labute approximate surface area is 107 Å². The standard InChI is InChI=1S/C11H11IN4/c1-7-14-6-8(12)11(15-7)16-10-5-3-2-4-9(10)13/h2-6H,13H2,1H3,(H,14,15,16). The highest BCUT2D eigenvalue weighted by Crippen LogP contribution is 2.24. The third-order valence-corrected chi connectivity index (χ3v) is 2.87. The molecule has 0 saturated carbocycles. The summed E-state index contributed by atoms with van der Waals surface area (Å²) in [5.41, 5.74) is 7.41. The van der Waals surface area contributed by atoms with Gasteiger partial charge in [0.05, 0.1) is 14.9 Å². The predicted molar refractivity (Wildman–Crippen MR) is 73.6 cm³/mol. The number of benzene rings is 1. The van der Waals surface area contributed by atoms with Crippen molar-refractivity contribution in [2.24, 2.45) is 0 Å². The highest BCUT2D eigenvalue weighted by Gasteiger charge is 2.04. The minimum absolute atomic E-state index is 0.703. The van der Waals surface area contributed by atoms with Gasteiger partial charge in [0, 0.05) is 6.20 Å². The van der Waals surface area contributed by atoms with E-state index in [9.17, 15) is 0 Å². The van der Waals surface area contributed by atoms with Crippen molar-refractivity contribution in [3.05, 3.63) is 39.9 Å². The maximum atomic E-state index is 5.85. The van der Waals surface area contributed by atoms with Crippen LogP contribution in [0.25, 0.3) is 0 Å². The molecule has 1 heterocycles. The zero-order valence-corrected chi connectivity index (χ0v) is 10.9. The molecule has 0 unspecified atom stereocenters.